The number of aromatic nitrogens is 2. The van der Waals surface area contributed by atoms with Crippen LogP contribution in [0.15, 0.2) is 54.6 Å². The maximum Gasteiger partial charge on any atom is 0.129 e. The summed E-state index contributed by atoms with van der Waals surface area (Å²) in [5.74, 6) is 1.32. The van der Waals surface area contributed by atoms with Crippen LogP contribution in [0.5, 0.6) is 0 Å². The number of benzene rings is 2. The molecule has 0 bridgehead atoms. The Labute approximate surface area is 162 Å². The fourth-order valence-corrected chi connectivity index (χ4v) is 4.91. The lowest BCUT2D eigenvalue weighted by atomic mass is 9.99. The van der Waals surface area contributed by atoms with Crippen molar-refractivity contribution < 1.29 is 5.11 Å². The van der Waals surface area contributed by atoms with Crippen molar-refractivity contribution in [2.75, 3.05) is 24.6 Å². The van der Waals surface area contributed by atoms with Crippen molar-refractivity contribution >= 4 is 38.3 Å². The van der Waals surface area contributed by atoms with Crippen molar-refractivity contribution in [2.45, 2.75) is 12.8 Å². The molecule has 0 amide bonds. The van der Waals surface area contributed by atoms with Gasteiger partial charge < -0.3 is 10.0 Å². The van der Waals surface area contributed by atoms with Gasteiger partial charge in [-0.25, -0.2) is 9.97 Å². The summed E-state index contributed by atoms with van der Waals surface area (Å²) in [7, 11) is 0. The highest BCUT2D eigenvalue weighted by Crippen LogP contribution is 2.36. The highest BCUT2D eigenvalue weighted by Gasteiger charge is 2.22. The Morgan fingerprint density at radius 3 is 2.70 bits per heavy atom. The zero-order valence-corrected chi connectivity index (χ0v) is 15.8. The Kier molecular flexibility index (Phi) is 4.26. The van der Waals surface area contributed by atoms with Crippen molar-refractivity contribution in [3.8, 4) is 10.6 Å². The summed E-state index contributed by atoms with van der Waals surface area (Å²) in [6.45, 7) is 2.09. The maximum atomic E-state index is 9.59. The number of aliphatic hydroxyl groups is 1. The predicted molar refractivity (Wildman–Crippen MR) is 112 cm³/mol. The number of thiazole rings is 1. The third-order valence-corrected chi connectivity index (χ3v) is 6.40. The fourth-order valence-electron chi connectivity index (χ4n) is 3.91. The van der Waals surface area contributed by atoms with Gasteiger partial charge in [0.25, 0.3) is 0 Å². The highest BCUT2D eigenvalue weighted by molar-refractivity contribution is 7.21. The lowest BCUT2D eigenvalue weighted by molar-refractivity contribution is 0.208. The van der Waals surface area contributed by atoms with Crippen molar-refractivity contribution in [1.29, 1.82) is 0 Å². The van der Waals surface area contributed by atoms with Gasteiger partial charge in [-0.05, 0) is 43.0 Å². The van der Waals surface area contributed by atoms with Gasteiger partial charge in [0.05, 0.1) is 15.7 Å². The first-order chi connectivity index (χ1) is 13.3. The number of fused-ring (bicyclic) bond motifs is 2. The standard InChI is InChI=1S/C22H21N3OS/c26-14-15-6-5-11-25(13-15)21-12-17(16-7-1-2-8-18(16)23-21)22-24-19-9-3-4-10-20(19)27-22/h1-4,7-10,12,15,26H,5-6,11,13-14H2/t15-/m1/s1. The molecule has 136 valence electrons. The summed E-state index contributed by atoms with van der Waals surface area (Å²) < 4.78 is 1.20. The number of piperidine rings is 1. The molecule has 0 radical (unpaired) electrons. The van der Waals surface area contributed by atoms with Crippen molar-refractivity contribution in [1.82, 2.24) is 9.97 Å². The third kappa shape index (κ3) is 3.07. The lowest BCUT2D eigenvalue weighted by Gasteiger charge is -2.33. The molecule has 3 heterocycles. The average Bonchev–Trinajstić information content (AvgIpc) is 3.17. The van der Waals surface area contributed by atoms with Crippen molar-refractivity contribution in [2.24, 2.45) is 5.92 Å². The molecule has 1 fully saturated rings. The smallest absolute Gasteiger partial charge is 0.129 e. The van der Waals surface area contributed by atoms with E-state index < -0.39 is 0 Å². The molecule has 1 atom stereocenters. The van der Waals surface area contributed by atoms with E-state index in [4.69, 9.17) is 9.97 Å². The van der Waals surface area contributed by atoms with E-state index in [1.54, 1.807) is 11.3 Å². The van der Waals surface area contributed by atoms with Crippen molar-refractivity contribution in [3.63, 3.8) is 0 Å². The second-order valence-electron chi connectivity index (χ2n) is 7.17. The average molecular weight is 375 g/mol. The van der Waals surface area contributed by atoms with Gasteiger partial charge in [0.15, 0.2) is 0 Å². The van der Waals surface area contributed by atoms with Crippen LogP contribution in [0.3, 0.4) is 0 Å². The van der Waals surface area contributed by atoms with E-state index in [9.17, 15) is 5.11 Å². The third-order valence-electron chi connectivity index (χ3n) is 5.33. The Hall–Kier alpha value is -2.50. The number of anilines is 1. The first-order valence-corrected chi connectivity index (χ1v) is 10.2. The van der Waals surface area contributed by atoms with E-state index >= 15 is 0 Å². The van der Waals surface area contributed by atoms with E-state index in [1.807, 2.05) is 12.1 Å². The van der Waals surface area contributed by atoms with Gasteiger partial charge in [0.1, 0.15) is 10.8 Å². The van der Waals surface area contributed by atoms with Crippen LogP contribution in [0, 0.1) is 5.92 Å². The quantitative estimate of drug-likeness (QED) is 0.563. The molecule has 27 heavy (non-hydrogen) atoms. The largest absolute Gasteiger partial charge is 0.396 e. The minimum atomic E-state index is 0.245. The van der Waals surface area contributed by atoms with Crippen LogP contribution < -0.4 is 4.90 Å². The zero-order valence-electron chi connectivity index (χ0n) is 15.0. The van der Waals surface area contributed by atoms with E-state index in [2.05, 4.69) is 47.4 Å². The van der Waals surface area contributed by atoms with E-state index in [-0.39, 0.29) is 6.61 Å². The van der Waals surface area contributed by atoms with Crippen LogP contribution >= 0.6 is 11.3 Å². The Balaban J connectivity index is 1.66. The molecule has 2 aromatic heterocycles. The molecule has 5 heteroatoms. The number of pyridine rings is 1. The van der Waals surface area contributed by atoms with Crippen molar-refractivity contribution in [3.05, 3.63) is 54.6 Å². The minimum Gasteiger partial charge on any atom is -0.396 e. The molecule has 4 nitrogen and oxygen atoms in total. The van der Waals surface area contributed by atoms with Crippen LogP contribution in [-0.2, 0) is 0 Å². The molecule has 1 N–H and O–H groups in total. The molecular formula is C22H21N3OS. The maximum absolute atomic E-state index is 9.59. The summed E-state index contributed by atoms with van der Waals surface area (Å²) in [6.07, 6.45) is 2.18. The number of rotatable bonds is 3. The molecule has 2 aromatic carbocycles. The molecule has 1 aliphatic rings. The molecule has 0 saturated carbocycles. The molecule has 0 spiro atoms. The number of para-hydroxylation sites is 2. The number of aliphatic hydroxyl groups excluding tert-OH is 1. The molecule has 5 rings (SSSR count). The Bertz CT molecular complexity index is 1070. The molecule has 0 unspecified atom stereocenters. The molecule has 1 saturated heterocycles. The van der Waals surface area contributed by atoms with Crippen LogP contribution in [0.4, 0.5) is 5.82 Å². The van der Waals surface area contributed by atoms with Gasteiger partial charge in [-0.15, -0.1) is 11.3 Å². The predicted octanol–water partition coefficient (Wildman–Crippen LogP) is 4.72. The molecule has 1 aliphatic heterocycles. The zero-order chi connectivity index (χ0) is 18.2. The van der Waals surface area contributed by atoms with Crippen LogP contribution in [0.1, 0.15) is 12.8 Å². The van der Waals surface area contributed by atoms with Gasteiger partial charge >= 0.3 is 0 Å². The van der Waals surface area contributed by atoms with E-state index in [1.165, 1.54) is 4.70 Å². The Morgan fingerprint density at radius 2 is 1.85 bits per heavy atom. The molecular weight excluding hydrogens is 354 g/mol. The second-order valence-corrected chi connectivity index (χ2v) is 8.20. The summed E-state index contributed by atoms with van der Waals surface area (Å²) in [6, 6.07) is 18.8. The topological polar surface area (TPSA) is 49.2 Å². The lowest BCUT2D eigenvalue weighted by Crippen LogP contribution is -2.37. The minimum absolute atomic E-state index is 0.245. The highest BCUT2D eigenvalue weighted by atomic mass is 32.1. The first-order valence-electron chi connectivity index (χ1n) is 9.43. The first kappa shape index (κ1) is 16.7. The fraction of sp³-hybridized carbons (Fsp3) is 0.273. The van der Waals surface area contributed by atoms with E-state index in [0.717, 1.165) is 58.7 Å². The monoisotopic (exact) mass is 375 g/mol. The summed E-state index contributed by atoms with van der Waals surface area (Å²) in [5.41, 5.74) is 3.18. The summed E-state index contributed by atoms with van der Waals surface area (Å²) >= 11 is 1.73. The second kappa shape index (κ2) is 6.91. The van der Waals surface area contributed by atoms with Gasteiger partial charge in [0.2, 0.25) is 0 Å². The molecule has 4 aromatic rings. The number of hydrogen-bond acceptors (Lipinski definition) is 5. The normalized spacial score (nSPS) is 17.7. The van der Waals surface area contributed by atoms with E-state index in [0.29, 0.717) is 5.92 Å². The number of hydrogen-bond donors (Lipinski definition) is 1. The van der Waals surface area contributed by atoms with Crippen LogP contribution in [0.25, 0.3) is 31.7 Å². The van der Waals surface area contributed by atoms with Crippen LogP contribution in [0.2, 0.25) is 0 Å². The summed E-state index contributed by atoms with van der Waals surface area (Å²) in [4.78, 5) is 12.1. The Morgan fingerprint density at radius 1 is 1.04 bits per heavy atom. The number of nitrogens with zero attached hydrogens (tertiary/aromatic N) is 3. The SMILES string of the molecule is OC[C@@H]1CCCN(c2cc(-c3nc4ccccc4s3)c3ccccc3n2)C1. The van der Waals surface area contributed by atoms with Gasteiger partial charge in [0, 0.05) is 30.6 Å². The van der Waals surface area contributed by atoms with Gasteiger partial charge in [-0.3, -0.25) is 0 Å². The van der Waals surface area contributed by atoms with Crippen LogP contribution in [-0.4, -0.2) is 34.8 Å². The molecule has 0 aliphatic carbocycles. The van der Waals surface area contributed by atoms with Gasteiger partial charge in [-0.1, -0.05) is 30.3 Å². The van der Waals surface area contributed by atoms with Gasteiger partial charge in [-0.2, -0.15) is 0 Å². The summed E-state index contributed by atoms with van der Waals surface area (Å²) in [5, 5.41) is 11.8.